The lowest BCUT2D eigenvalue weighted by molar-refractivity contribution is 0.240. The number of nitrogens with one attached hydrogen (secondary N) is 3. The standard InChI is InChI=1S/C2H8N4OS/c1-8-6-5-2(7)4-3/h6H,3H2,1H3,(H2,4,5,7). The molecule has 0 aliphatic carbocycles. The minimum absolute atomic E-state index is 0.459. The van der Waals surface area contributed by atoms with Gasteiger partial charge in [0.05, 0.1) is 0 Å². The number of carbonyl (C=O) groups is 1. The summed E-state index contributed by atoms with van der Waals surface area (Å²) in [4.78, 5) is 12.6. The molecule has 0 fully saturated rings. The van der Waals surface area contributed by atoms with Crippen molar-refractivity contribution in [2.24, 2.45) is 5.84 Å². The van der Waals surface area contributed by atoms with E-state index in [0.29, 0.717) is 0 Å². The number of nitrogens with two attached hydrogens (primary N) is 1. The molecule has 6 heteroatoms. The van der Waals surface area contributed by atoms with Gasteiger partial charge in [-0.15, -0.1) is 0 Å². The molecule has 0 saturated heterocycles. The number of hydrogen-bond acceptors (Lipinski definition) is 4. The number of rotatable bonds is 2. The van der Waals surface area contributed by atoms with Crippen molar-refractivity contribution >= 4 is 18.0 Å². The maximum Gasteiger partial charge on any atom is 0.343 e. The maximum absolute atomic E-state index is 10.1. The fraction of sp³-hybridized carbons (Fsp3) is 0.500. The van der Waals surface area contributed by atoms with E-state index in [0.717, 1.165) is 0 Å². The molecule has 5 nitrogen and oxygen atoms in total. The van der Waals surface area contributed by atoms with Crippen molar-refractivity contribution in [3.8, 4) is 0 Å². The third kappa shape index (κ3) is 3.72. The Balaban J connectivity index is 2.99. The molecule has 0 aromatic heterocycles. The molecule has 0 aromatic rings. The second kappa shape index (κ2) is 4.69. The largest absolute Gasteiger partial charge is 0.343 e. The van der Waals surface area contributed by atoms with E-state index < -0.39 is 6.03 Å². The summed E-state index contributed by atoms with van der Waals surface area (Å²) in [5.74, 6) is 4.70. The normalized spacial score (nSPS) is 8.25. The zero-order chi connectivity index (χ0) is 6.41. The van der Waals surface area contributed by atoms with Crippen molar-refractivity contribution in [1.29, 1.82) is 0 Å². The van der Waals surface area contributed by atoms with Crippen LogP contribution in [0.5, 0.6) is 0 Å². The van der Waals surface area contributed by atoms with Crippen LogP contribution in [-0.4, -0.2) is 12.3 Å². The lowest BCUT2D eigenvalue weighted by Crippen LogP contribution is -2.44. The first-order valence-corrected chi connectivity index (χ1v) is 3.08. The Morgan fingerprint density at radius 2 is 2.38 bits per heavy atom. The van der Waals surface area contributed by atoms with Crippen LogP contribution in [0.4, 0.5) is 4.79 Å². The van der Waals surface area contributed by atoms with Crippen molar-refractivity contribution < 1.29 is 4.79 Å². The molecule has 0 bridgehead atoms. The van der Waals surface area contributed by atoms with Gasteiger partial charge in [-0.2, -0.15) is 4.83 Å². The van der Waals surface area contributed by atoms with E-state index in [1.165, 1.54) is 11.9 Å². The van der Waals surface area contributed by atoms with E-state index in [2.05, 4.69) is 10.3 Å². The van der Waals surface area contributed by atoms with Crippen LogP contribution < -0.4 is 21.5 Å². The summed E-state index contributed by atoms with van der Waals surface area (Å²) in [6, 6.07) is -0.459. The van der Waals surface area contributed by atoms with Crippen molar-refractivity contribution in [1.82, 2.24) is 15.7 Å². The first-order chi connectivity index (χ1) is 3.81. The Bertz CT molecular complexity index is 76.4. The molecule has 0 atom stereocenters. The predicted octanol–water partition coefficient (Wildman–Crippen LogP) is -1.06. The minimum atomic E-state index is -0.459. The average Bonchev–Trinajstić information content (AvgIpc) is 1.83. The van der Waals surface area contributed by atoms with Crippen LogP contribution >= 0.6 is 11.9 Å². The molecule has 0 radical (unpaired) electrons. The molecule has 0 aliphatic heterocycles. The van der Waals surface area contributed by atoms with Crippen LogP contribution in [0, 0.1) is 0 Å². The molecule has 2 amide bonds. The highest BCUT2D eigenvalue weighted by atomic mass is 32.2. The third-order valence-corrected chi connectivity index (χ3v) is 0.704. The molecule has 0 unspecified atom stereocenters. The Labute approximate surface area is 51.5 Å². The van der Waals surface area contributed by atoms with E-state index in [-0.39, 0.29) is 0 Å². The van der Waals surface area contributed by atoms with Crippen molar-refractivity contribution in [3.63, 3.8) is 0 Å². The van der Waals surface area contributed by atoms with Crippen LogP contribution in [0.25, 0.3) is 0 Å². The molecule has 8 heavy (non-hydrogen) atoms. The van der Waals surface area contributed by atoms with Gasteiger partial charge in [-0.25, -0.2) is 10.6 Å². The zero-order valence-electron chi connectivity index (χ0n) is 4.39. The summed E-state index contributed by atoms with van der Waals surface area (Å²) in [5.41, 5.74) is 4.09. The highest BCUT2D eigenvalue weighted by Gasteiger charge is 1.89. The average molecular weight is 136 g/mol. The van der Waals surface area contributed by atoms with Crippen LogP contribution in [-0.2, 0) is 0 Å². The lowest BCUT2D eigenvalue weighted by Gasteiger charge is -2.00. The van der Waals surface area contributed by atoms with Crippen molar-refractivity contribution in [3.05, 3.63) is 0 Å². The van der Waals surface area contributed by atoms with E-state index in [1.54, 1.807) is 6.26 Å². The van der Waals surface area contributed by atoms with Crippen molar-refractivity contribution in [2.45, 2.75) is 0 Å². The van der Waals surface area contributed by atoms with Gasteiger partial charge in [-0.1, -0.05) is 11.9 Å². The Morgan fingerprint density at radius 1 is 1.75 bits per heavy atom. The zero-order valence-corrected chi connectivity index (χ0v) is 5.21. The van der Waals surface area contributed by atoms with E-state index in [4.69, 9.17) is 5.84 Å². The molecule has 5 N–H and O–H groups in total. The van der Waals surface area contributed by atoms with Crippen LogP contribution in [0.15, 0.2) is 0 Å². The van der Waals surface area contributed by atoms with Gasteiger partial charge in [-0.05, 0) is 6.26 Å². The monoisotopic (exact) mass is 136 g/mol. The highest BCUT2D eigenvalue weighted by Crippen LogP contribution is 1.73. The molecule has 0 aromatic carbocycles. The predicted molar refractivity (Wildman–Crippen MR) is 32.5 cm³/mol. The molecule has 0 saturated carbocycles. The van der Waals surface area contributed by atoms with Gasteiger partial charge in [0.2, 0.25) is 0 Å². The van der Waals surface area contributed by atoms with Gasteiger partial charge in [-0.3, -0.25) is 10.9 Å². The van der Waals surface area contributed by atoms with E-state index in [9.17, 15) is 4.79 Å². The highest BCUT2D eigenvalue weighted by molar-refractivity contribution is 7.96. The van der Waals surface area contributed by atoms with Crippen molar-refractivity contribution in [2.75, 3.05) is 6.26 Å². The van der Waals surface area contributed by atoms with Crippen LogP contribution in [0.2, 0.25) is 0 Å². The second-order valence-electron chi connectivity index (χ2n) is 0.905. The van der Waals surface area contributed by atoms with Gasteiger partial charge in [0, 0.05) is 0 Å². The fourth-order valence-electron chi connectivity index (χ4n) is 0.133. The number of urea groups is 1. The summed E-state index contributed by atoms with van der Waals surface area (Å²) in [6.07, 6.45) is 1.77. The first kappa shape index (κ1) is 7.54. The quantitative estimate of drug-likeness (QED) is 0.169. The maximum atomic E-state index is 10.1. The van der Waals surface area contributed by atoms with Gasteiger partial charge in [0.25, 0.3) is 0 Å². The van der Waals surface area contributed by atoms with Gasteiger partial charge in [0.15, 0.2) is 0 Å². The summed E-state index contributed by atoms with van der Waals surface area (Å²) in [7, 11) is 0. The van der Waals surface area contributed by atoms with Gasteiger partial charge in [0.1, 0.15) is 0 Å². The molecule has 0 spiro atoms. The van der Waals surface area contributed by atoms with Gasteiger partial charge < -0.3 is 0 Å². The van der Waals surface area contributed by atoms with Crippen LogP contribution in [0.3, 0.4) is 0 Å². The lowest BCUT2D eigenvalue weighted by atomic mass is 11.1. The number of amides is 2. The molecule has 48 valence electrons. The SMILES string of the molecule is CSNNC(=O)NN. The summed E-state index contributed by atoms with van der Waals surface area (Å²) < 4.78 is 0. The Kier molecular flexibility index (Phi) is 4.42. The number of carbonyl (C=O) groups excluding carboxylic acids is 1. The number of hydrazine groups is 2. The number of hydrogen-bond donors (Lipinski definition) is 4. The molecule has 0 rings (SSSR count). The van der Waals surface area contributed by atoms with E-state index >= 15 is 0 Å². The summed E-state index contributed by atoms with van der Waals surface area (Å²) in [5, 5.41) is 0. The fourth-order valence-corrected chi connectivity index (χ4v) is 0.328. The van der Waals surface area contributed by atoms with Gasteiger partial charge >= 0.3 is 6.03 Å². The second-order valence-corrected chi connectivity index (χ2v) is 1.52. The Hall–Kier alpha value is -0.460. The minimum Gasteiger partial charge on any atom is -0.275 e. The Morgan fingerprint density at radius 3 is 2.75 bits per heavy atom. The molecule has 0 heterocycles. The van der Waals surface area contributed by atoms with Crippen LogP contribution in [0.1, 0.15) is 0 Å². The first-order valence-electron chi connectivity index (χ1n) is 1.86. The molecular formula is C2H8N4OS. The van der Waals surface area contributed by atoms with E-state index in [1.807, 2.05) is 5.43 Å². The molecular weight excluding hydrogens is 128 g/mol. The summed E-state index contributed by atoms with van der Waals surface area (Å²) >= 11 is 1.27. The molecule has 0 aliphatic rings. The smallest absolute Gasteiger partial charge is 0.275 e. The topological polar surface area (TPSA) is 79.2 Å². The third-order valence-electron chi connectivity index (χ3n) is 0.398. The summed E-state index contributed by atoms with van der Waals surface area (Å²) in [6.45, 7) is 0.